The molecule has 1 N–H and O–H groups in total. The fourth-order valence-electron chi connectivity index (χ4n) is 1.48. The monoisotopic (exact) mass is 261 g/mol. The molecule has 3 nitrogen and oxygen atoms in total. The van der Waals surface area contributed by atoms with Crippen LogP contribution < -0.4 is 56.7 Å². The van der Waals surface area contributed by atoms with Gasteiger partial charge in [0.2, 0.25) is 0 Å². The van der Waals surface area contributed by atoms with Crippen LogP contribution in [0.25, 0.3) is 0 Å². The molecular formula is C8H12BF3KNO2. The molecule has 1 rings (SSSR count). The molecule has 0 aromatic carbocycles. The van der Waals surface area contributed by atoms with Crippen molar-refractivity contribution in [3.8, 4) is 0 Å². The number of esters is 1. The van der Waals surface area contributed by atoms with E-state index in [1.165, 1.54) is 0 Å². The molecule has 16 heavy (non-hydrogen) atoms. The van der Waals surface area contributed by atoms with Crippen molar-refractivity contribution in [2.24, 2.45) is 0 Å². The molecule has 0 saturated heterocycles. The fourth-order valence-corrected chi connectivity index (χ4v) is 1.48. The molecule has 0 atom stereocenters. The molecule has 0 fully saturated rings. The Morgan fingerprint density at radius 1 is 1.50 bits per heavy atom. The second-order valence-electron chi connectivity index (χ2n) is 3.23. The van der Waals surface area contributed by atoms with Crippen molar-refractivity contribution in [3.63, 3.8) is 0 Å². The topological polar surface area (TPSA) is 38.3 Å². The van der Waals surface area contributed by atoms with E-state index in [2.05, 4.69) is 10.1 Å². The Labute approximate surface area is 135 Å². The van der Waals surface area contributed by atoms with Crippen LogP contribution in [0.4, 0.5) is 12.9 Å². The average molecular weight is 261 g/mol. The maximum atomic E-state index is 12.6. The standard InChI is InChI=1S/C8H12BF3NO2.K/c1-2-15-8(14)6-5-13-4-3-7(6)9(10,11)12;/h13H,2-5H2,1H3;/q-1;+1. The first kappa shape index (κ1) is 16.7. The Bertz CT molecular complexity index is 293. The first-order valence-electron chi connectivity index (χ1n) is 4.76. The van der Waals surface area contributed by atoms with Gasteiger partial charge in [-0.15, -0.1) is 5.47 Å². The summed E-state index contributed by atoms with van der Waals surface area (Å²) in [5.74, 6) is -0.862. The second-order valence-corrected chi connectivity index (χ2v) is 3.23. The van der Waals surface area contributed by atoms with Crippen LogP contribution in [0.2, 0.25) is 0 Å². The normalized spacial score (nSPS) is 16.8. The minimum atomic E-state index is -5.08. The van der Waals surface area contributed by atoms with Crippen LogP contribution in [0.15, 0.2) is 11.0 Å². The summed E-state index contributed by atoms with van der Waals surface area (Å²) >= 11 is 0. The van der Waals surface area contributed by atoms with Crippen molar-refractivity contribution >= 4 is 12.9 Å². The van der Waals surface area contributed by atoms with Gasteiger partial charge < -0.3 is 23.0 Å². The van der Waals surface area contributed by atoms with Gasteiger partial charge in [0.1, 0.15) is 0 Å². The number of carbonyl (C=O) groups excluding carboxylic acids is 1. The van der Waals surface area contributed by atoms with Crippen molar-refractivity contribution in [1.82, 2.24) is 5.32 Å². The van der Waals surface area contributed by atoms with Crippen LogP contribution in [-0.2, 0) is 9.53 Å². The van der Waals surface area contributed by atoms with Crippen molar-refractivity contribution in [2.45, 2.75) is 13.3 Å². The van der Waals surface area contributed by atoms with E-state index in [1.54, 1.807) is 6.92 Å². The van der Waals surface area contributed by atoms with Crippen LogP contribution >= 0.6 is 0 Å². The van der Waals surface area contributed by atoms with Crippen molar-refractivity contribution < 1.29 is 73.9 Å². The Balaban J connectivity index is 0.00000225. The van der Waals surface area contributed by atoms with Gasteiger partial charge in [0.05, 0.1) is 6.61 Å². The summed E-state index contributed by atoms with van der Waals surface area (Å²) in [6.45, 7) is -3.25. The Kier molecular flexibility index (Phi) is 7.47. The molecule has 0 aliphatic carbocycles. The van der Waals surface area contributed by atoms with Gasteiger partial charge in [-0.25, -0.2) is 4.79 Å². The van der Waals surface area contributed by atoms with Crippen LogP contribution in [-0.4, -0.2) is 32.6 Å². The van der Waals surface area contributed by atoms with Crippen LogP contribution in [0.3, 0.4) is 0 Å². The second kappa shape index (κ2) is 7.17. The summed E-state index contributed by atoms with van der Waals surface area (Å²) < 4.78 is 42.3. The largest absolute Gasteiger partial charge is 1.00 e. The van der Waals surface area contributed by atoms with Crippen LogP contribution in [0.5, 0.6) is 0 Å². The molecule has 0 aromatic rings. The van der Waals surface area contributed by atoms with Crippen molar-refractivity contribution in [2.75, 3.05) is 19.7 Å². The number of carbonyl (C=O) groups is 1. The molecule has 0 bridgehead atoms. The predicted molar refractivity (Wildman–Crippen MR) is 50.2 cm³/mol. The summed E-state index contributed by atoms with van der Waals surface area (Å²) in [6, 6.07) is 0. The third kappa shape index (κ3) is 4.50. The molecule has 0 amide bonds. The number of hydrogen-bond acceptors (Lipinski definition) is 3. The third-order valence-electron chi connectivity index (χ3n) is 2.18. The Hall–Kier alpha value is 0.661. The molecule has 86 valence electrons. The number of hydrogen-bond donors (Lipinski definition) is 1. The van der Waals surface area contributed by atoms with Gasteiger partial charge in [0.25, 0.3) is 0 Å². The SMILES string of the molecule is CCOC(=O)C1=C([B-](F)(F)F)CCNC1.[K+]. The molecule has 1 aliphatic rings. The van der Waals surface area contributed by atoms with E-state index in [1.807, 2.05) is 0 Å². The zero-order valence-electron chi connectivity index (χ0n) is 9.36. The maximum absolute atomic E-state index is 12.6. The summed E-state index contributed by atoms with van der Waals surface area (Å²) in [5, 5.41) is 2.73. The van der Waals surface area contributed by atoms with Gasteiger partial charge in [-0.2, -0.15) is 0 Å². The van der Waals surface area contributed by atoms with Crippen LogP contribution in [0.1, 0.15) is 13.3 Å². The molecule has 0 aromatic heterocycles. The zero-order chi connectivity index (χ0) is 11.5. The molecule has 0 spiro atoms. The molecule has 1 heterocycles. The first-order chi connectivity index (χ1) is 6.96. The Morgan fingerprint density at radius 3 is 2.62 bits per heavy atom. The average Bonchev–Trinajstić information content (AvgIpc) is 2.17. The molecule has 0 unspecified atom stereocenters. The summed E-state index contributed by atoms with van der Waals surface area (Å²) in [4.78, 5) is 11.2. The van der Waals surface area contributed by atoms with E-state index in [-0.39, 0.29) is 83.1 Å². The molecule has 1 aliphatic heterocycles. The van der Waals surface area contributed by atoms with Crippen LogP contribution in [0, 0.1) is 0 Å². The summed E-state index contributed by atoms with van der Waals surface area (Å²) in [6.07, 6.45) is -0.155. The number of nitrogens with one attached hydrogen (secondary N) is 1. The number of halogens is 3. The van der Waals surface area contributed by atoms with Gasteiger partial charge in [-0.1, -0.05) is 0 Å². The Morgan fingerprint density at radius 2 is 2.12 bits per heavy atom. The molecule has 8 heteroatoms. The van der Waals surface area contributed by atoms with E-state index in [4.69, 9.17) is 0 Å². The third-order valence-corrected chi connectivity index (χ3v) is 2.18. The number of rotatable bonds is 3. The molecule has 0 radical (unpaired) electrons. The van der Waals surface area contributed by atoms with Crippen molar-refractivity contribution in [3.05, 3.63) is 11.0 Å². The first-order valence-corrected chi connectivity index (χ1v) is 4.76. The van der Waals surface area contributed by atoms with E-state index >= 15 is 0 Å². The zero-order valence-corrected chi connectivity index (χ0v) is 12.5. The van der Waals surface area contributed by atoms with Gasteiger partial charge in [-0.05, 0) is 19.9 Å². The van der Waals surface area contributed by atoms with E-state index in [0.29, 0.717) is 0 Å². The van der Waals surface area contributed by atoms with Crippen molar-refractivity contribution in [1.29, 1.82) is 0 Å². The smallest absolute Gasteiger partial charge is 0.463 e. The quantitative estimate of drug-likeness (QED) is 0.482. The van der Waals surface area contributed by atoms with Gasteiger partial charge >= 0.3 is 64.3 Å². The predicted octanol–water partition coefficient (Wildman–Crippen LogP) is -1.77. The maximum Gasteiger partial charge on any atom is 1.00 e. The summed E-state index contributed by atoms with van der Waals surface area (Å²) in [7, 11) is 0. The van der Waals surface area contributed by atoms with E-state index in [0.717, 1.165) is 0 Å². The number of ether oxygens (including phenoxy) is 1. The molecule has 0 saturated carbocycles. The summed E-state index contributed by atoms with van der Waals surface area (Å²) in [5.41, 5.74) is -0.970. The van der Waals surface area contributed by atoms with E-state index < -0.39 is 18.4 Å². The minimum Gasteiger partial charge on any atom is -0.463 e. The van der Waals surface area contributed by atoms with E-state index in [9.17, 15) is 17.7 Å². The fraction of sp³-hybridized carbons (Fsp3) is 0.625. The van der Waals surface area contributed by atoms with Gasteiger partial charge in [0.15, 0.2) is 0 Å². The molecular weight excluding hydrogens is 249 g/mol. The van der Waals surface area contributed by atoms with Gasteiger partial charge in [-0.3, -0.25) is 0 Å². The van der Waals surface area contributed by atoms with Gasteiger partial charge in [0, 0.05) is 12.1 Å². The minimum absolute atomic E-state index is 0.